The summed E-state index contributed by atoms with van der Waals surface area (Å²) in [5.74, 6) is -0.666. The van der Waals surface area contributed by atoms with E-state index < -0.39 is 15.8 Å². The van der Waals surface area contributed by atoms with Crippen molar-refractivity contribution in [1.29, 1.82) is 0 Å². The Bertz CT molecular complexity index is 529. The number of halogens is 1. The molecule has 1 aromatic rings. The Labute approximate surface area is 106 Å². The highest BCUT2D eigenvalue weighted by molar-refractivity contribution is 7.89. The van der Waals surface area contributed by atoms with Crippen LogP contribution >= 0.6 is 0 Å². The van der Waals surface area contributed by atoms with E-state index in [0.29, 0.717) is 13.1 Å². The van der Waals surface area contributed by atoms with E-state index in [2.05, 4.69) is 9.71 Å². The van der Waals surface area contributed by atoms with Crippen molar-refractivity contribution in [3.8, 4) is 0 Å². The summed E-state index contributed by atoms with van der Waals surface area (Å²) in [5.41, 5.74) is 5.49. The molecule has 0 unspecified atom stereocenters. The van der Waals surface area contributed by atoms with Gasteiger partial charge in [0, 0.05) is 12.7 Å². The first-order valence-corrected chi connectivity index (χ1v) is 7.26. The Morgan fingerprint density at radius 1 is 1.44 bits per heavy atom. The number of sulfonamides is 1. The summed E-state index contributed by atoms with van der Waals surface area (Å²) in [5, 5.41) is 0. The Balaban J connectivity index is 2.04. The standard InChI is InChI=1S/C11H16FN3O2S/c12-9-5-10(7-14-6-9)18(16,17)15-8-11(1-2-11)3-4-13/h5-7,15H,1-4,8,13H2. The molecule has 1 saturated carbocycles. The normalized spacial score (nSPS) is 17.7. The molecule has 0 amide bonds. The molecule has 0 bridgehead atoms. The number of aromatic nitrogens is 1. The monoisotopic (exact) mass is 273 g/mol. The van der Waals surface area contributed by atoms with Gasteiger partial charge in [-0.25, -0.2) is 17.5 Å². The van der Waals surface area contributed by atoms with Crippen LogP contribution < -0.4 is 10.5 Å². The maximum absolute atomic E-state index is 12.9. The van der Waals surface area contributed by atoms with Crippen LogP contribution in [0.5, 0.6) is 0 Å². The van der Waals surface area contributed by atoms with Gasteiger partial charge in [-0.1, -0.05) is 0 Å². The SMILES string of the molecule is NCCC1(CNS(=O)(=O)c2cncc(F)c2)CC1. The minimum absolute atomic E-state index is 0.00255. The number of hydrogen-bond acceptors (Lipinski definition) is 4. The molecule has 1 aliphatic carbocycles. The second-order valence-electron chi connectivity index (χ2n) is 4.70. The van der Waals surface area contributed by atoms with Crippen LogP contribution in [0.4, 0.5) is 4.39 Å². The molecule has 0 atom stereocenters. The van der Waals surface area contributed by atoms with E-state index in [0.717, 1.165) is 37.7 Å². The quantitative estimate of drug-likeness (QED) is 0.796. The van der Waals surface area contributed by atoms with Crippen LogP contribution in [0.1, 0.15) is 19.3 Å². The Kier molecular flexibility index (Phi) is 3.65. The fraction of sp³-hybridized carbons (Fsp3) is 0.545. The maximum Gasteiger partial charge on any atom is 0.242 e. The number of nitrogens with zero attached hydrogens (tertiary/aromatic N) is 1. The summed E-state index contributed by atoms with van der Waals surface area (Å²) in [6.07, 6.45) is 4.86. The lowest BCUT2D eigenvalue weighted by Crippen LogP contribution is -2.31. The largest absolute Gasteiger partial charge is 0.330 e. The summed E-state index contributed by atoms with van der Waals surface area (Å²) in [6.45, 7) is 0.895. The highest BCUT2D eigenvalue weighted by Gasteiger charge is 2.42. The molecular formula is C11H16FN3O2S. The summed E-state index contributed by atoms with van der Waals surface area (Å²) in [6, 6.07) is 0.956. The van der Waals surface area contributed by atoms with Crippen LogP contribution in [0, 0.1) is 11.2 Å². The van der Waals surface area contributed by atoms with Gasteiger partial charge in [-0.15, -0.1) is 0 Å². The highest BCUT2D eigenvalue weighted by atomic mass is 32.2. The van der Waals surface area contributed by atoms with Gasteiger partial charge in [-0.2, -0.15) is 0 Å². The van der Waals surface area contributed by atoms with Crippen molar-refractivity contribution in [3.63, 3.8) is 0 Å². The van der Waals surface area contributed by atoms with Gasteiger partial charge < -0.3 is 5.73 Å². The topological polar surface area (TPSA) is 85.1 Å². The van der Waals surface area contributed by atoms with Crippen LogP contribution in [0.3, 0.4) is 0 Å². The summed E-state index contributed by atoms with van der Waals surface area (Å²) in [4.78, 5) is 3.39. The number of hydrogen-bond donors (Lipinski definition) is 2. The second kappa shape index (κ2) is 4.91. The summed E-state index contributed by atoms with van der Waals surface area (Å²) in [7, 11) is -3.69. The van der Waals surface area contributed by atoms with Crippen molar-refractivity contribution in [2.24, 2.45) is 11.1 Å². The van der Waals surface area contributed by atoms with Crippen molar-refractivity contribution < 1.29 is 12.8 Å². The van der Waals surface area contributed by atoms with Crippen LogP contribution in [0.25, 0.3) is 0 Å². The van der Waals surface area contributed by atoms with Crippen LogP contribution in [0.15, 0.2) is 23.4 Å². The van der Waals surface area contributed by atoms with E-state index in [1.807, 2.05) is 0 Å². The van der Waals surface area contributed by atoms with Gasteiger partial charge in [0.25, 0.3) is 0 Å². The molecule has 5 nitrogen and oxygen atoms in total. The first kappa shape index (κ1) is 13.4. The molecule has 7 heteroatoms. The molecule has 1 heterocycles. The predicted molar refractivity (Wildman–Crippen MR) is 64.7 cm³/mol. The zero-order valence-corrected chi connectivity index (χ0v) is 10.7. The van der Waals surface area contributed by atoms with Crippen LogP contribution in [-0.2, 0) is 10.0 Å². The maximum atomic E-state index is 12.9. The van der Waals surface area contributed by atoms with Gasteiger partial charge in [-0.05, 0) is 37.3 Å². The fourth-order valence-electron chi connectivity index (χ4n) is 1.87. The minimum atomic E-state index is -3.69. The molecule has 3 N–H and O–H groups in total. The molecule has 100 valence electrons. The lowest BCUT2D eigenvalue weighted by Gasteiger charge is -2.14. The predicted octanol–water partition coefficient (Wildman–Crippen LogP) is 0.628. The molecular weight excluding hydrogens is 257 g/mol. The Hall–Kier alpha value is -1.05. The van der Waals surface area contributed by atoms with Gasteiger partial charge in [0.05, 0.1) is 6.20 Å². The van der Waals surface area contributed by atoms with E-state index in [9.17, 15) is 12.8 Å². The van der Waals surface area contributed by atoms with Crippen molar-refractivity contribution >= 4 is 10.0 Å². The molecule has 18 heavy (non-hydrogen) atoms. The van der Waals surface area contributed by atoms with Crippen molar-refractivity contribution in [2.75, 3.05) is 13.1 Å². The molecule has 2 rings (SSSR count). The molecule has 1 aliphatic rings. The number of rotatable bonds is 6. The number of pyridine rings is 1. The van der Waals surface area contributed by atoms with E-state index >= 15 is 0 Å². The Morgan fingerprint density at radius 3 is 2.72 bits per heavy atom. The average Bonchev–Trinajstić information content (AvgIpc) is 3.08. The van der Waals surface area contributed by atoms with E-state index in [1.165, 1.54) is 0 Å². The number of nitrogens with two attached hydrogens (primary N) is 1. The van der Waals surface area contributed by atoms with Gasteiger partial charge in [0.2, 0.25) is 10.0 Å². The zero-order chi connectivity index (χ0) is 13.2. The fourth-order valence-corrected chi connectivity index (χ4v) is 3.00. The molecule has 1 aromatic heterocycles. The van der Waals surface area contributed by atoms with E-state index in [4.69, 9.17) is 5.73 Å². The first-order chi connectivity index (χ1) is 8.47. The van der Waals surface area contributed by atoms with Gasteiger partial charge >= 0.3 is 0 Å². The molecule has 0 aromatic carbocycles. The highest BCUT2D eigenvalue weighted by Crippen LogP contribution is 2.47. The zero-order valence-electron chi connectivity index (χ0n) is 9.89. The molecule has 0 saturated heterocycles. The molecule has 0 aliphatic heterocycles. The smallest absolute Gasteiger partial charge is 0.242 e. The van der Waals surface area contributed by atoms with Crippen molar-refractivity contribution in [1.82, 2.24) is 9.71 Å². The van der Waals surface area contributed by atoms with Crippen molar-refractivity contribution in [3.05, 3.63) is 24.3 Å². The van der Waals surface area contributed by atoms with Gasteiger partial charge in [0.15, 0.2) is 0 Å². The second-order valence-corrected chi connectivity index (χ2v) is 6.47. The lowest BCUT2D eigenvalue weighted by atomic mass is 10.0. The van der Waals surface area contributed by atoms with Crippen LogP contribution in [0.2, 0.25) is 0 Å². The average molecular weight is 273 g/mol. The first-order valence-electron chi connectivity index (χ1n) is 5.78. The van der Waals surface area contributed by atoms with Gasteiger partial charge in [0.1, 0.15) is 10.7 Å². The lowest BCUT2D eigenvalue weighted by molar-refractivity contribution is 0.461. The van der Waals surface area contributed by atoms with E-state index in [1.54, 1.807) is 0 Å². The molecule has 0 radical (unpaired) electrons. The summed E-state index contributed by atoms with van der Waals surface area (Å²) < 4.78 is 39.3. The van der Waals surface area contributed by atoms with Crippen LogP contribution in [-0.4, -0.2) is 26.5 Å². The Morgan fingerprint density at radius 2 is 2.17 bits per heavy atom. The van der Waals surface area contributed by atoms with Crippen molar-refractivity contribution in [2.45, 2.75) is 24.2 Å². The van der Waals surface area contributed by atoms with Gasteiger partial charge in [-0.3, -0.25) is 4.98 Å². The summed E-state index contributed by atoms with van der Waals surface area (Å²) >= 11 is 0. The third-order valence-corrected chi connectivity index (χ3v) is 4.63. The molecule has 0 spiro atoms. The molecule has 1 fully saturated rings. The third kappa shape index (κ3) is 3.04. The third-order valence-electron chi connectivity index (χ3n) is 3.26. The minimum Gasteiger partial charge on any atom is -0.330 e. The number of nitrogens with one attached hydrogen (secondary N) is 1. The van der Waals surface area contributed by atoms with E-state index in [-0.39, 0.29) is 10.3 Å².